The molecule has 0 atom stereocenters. The predicted molar refractivity (Wildman–Crippen MR) is 89.9 cm³/mol. The summed E-state index contributed by atoms with van der Waals surface area (Å²) in [5, 5.41) is 6.32. The van der Waals surface area contributed by atoms with Crippen molar-refractivity contribution in [3.63, 3.8) is 0 Å². The second-order valence-corrected chi connectivity index (χ2v) is 6.02. The van der Waals surface area contributed by atoms with Crippen LogP contribution in [0.15, 0.2) is 42.0 Å². The summed E-state index contributed by atoms with van der Waals surface area (Å²) < 4.78 is 0. The summed E-state index contributed by atoms with van der Waals surface area (Å²) in [6.07, 6.45) is 3.72. The van der Waals surface area contributed by atoms with Gasteiger partial charge in [-0.15, -0.1) is 12.4 Å². The van der Waals surface area contributed by atoms with Crippen molar-refractivity contribution in [3.05, 3.63) is 47.5 Å². The molecule has 0 aliphatic carbocycles. The van der Waals surface area contributed by atoms with Gasteiger partial charge in [-0.25, -0.2) is 0 Å². The smallest absolute Gasteiger partial charge is 0.221 e. The topological polar surface area (TPSA) is 41.1 Å². The van der Waals surface area contributed by atoms with Gasteiger partial charge in [0.1, 0.15) is 0 Å². The summed E-state index contributed by atoms with van der Waals surface area (Å²) >= 11 is 0. The lowest BCUT2D eigenvalue weighted by Crippen LogP contribution is -2.33. The van der Waals surface area contributed by atoms with Crippen LogP contribution in [0.5, 0.6) is 0 Å². The molecule has 3 nitrogen and oxygen atoms in total. The molecule has 21 heavy (non-hydrogen) atoms. The minimum absolute atomic E-state index is 0. The highest BCUT2D eigenvalue weighted by Gasteiger charge is 2.23. The van der Waals surface area contributed by atoms with Gasteiger partial charge in [0.2, 0.25) is 5.91 Å². The largest absolute Gasteiger partial charge is 0.352 e. The highest BCUT2D eigenvalue weighted by molar-refractivity contribution is 5.85. The van der Waals surface area contributed by atoms with Gasteiger partial charge in [0.15, 0.2) is 0 Å². The monoisotopic (exact) mass is 308 g/mol. The van der Waals surface area contributed by atoms with Crippen LogP contribution in [0.3, 0.4) is 0 Å². The number of halogens is 1. The fourth-order valence-corrected chi connectivity index (χ4v) is 2.50. The average molecular weight is 309 g/mol. The second kappa shape index (κ2) is 8.20. The number of hydrogen-bond donors (Lipinski definition) is 2. The summed E-state index contributed by atoms with van der Waals surface area (Å²) in [7, 11) is 0. The Morgan fingerprint density at radius 2 is 2.00 bits per heavy atom. The van der Waals surface area contributed by atoms with Crippen LogP contribution in [0.2, 0.25) is 0 Å². The Bertz CT molecular complexity index is 483. The number of nitrogens with one attached hydrogen (secondary N) is 2. The van der Waals surface area contributed by atoms with Crippen LogP contribution >= 0.6 is 12.4 Å². The van der Waals surface area contributed by atoms with Gasteiger partial charge in [-0.3, -0.25) is 4.79 Å². The van der Waals surface area contributed by atoms with Gasteiger partial charge in [0, 0.05) is 19.5 Å². The van der Waals surface area contributed by atoms with Crippen molar-refractivity contribution in [1.82, 2.24) is 10.6 Å². The van der Waals surface area contributed by atoms with E-state index in [9.17, 15) is 4.79 Å². The molecule has 0 aromatic heterocycles. The number of amides is 1. The molecule has 1 aliphatic heterocycles. The third-order valence-corrected chi connectivity index (χ3v) is 3.83. The summed E-state index contributed by atoms with van der Waals surface area (Å²) in [5.74, 6) is 0.123. The van der Waals surface area contributed by atoms with E-state index in [2.05, 4.69) is 42.7 Å². The molecule has 0 saturated heterocycles. The Hall–Kier alpha value is -1.32. The third-order valence-electron chi connectivity index (χ3n) is 3.83. The zero-order chi connectivity index (χ0) is 14.4. The normalized spacial score (nSPS) is 14.9. The molecule has 1 aromatic carbocycles. The first kappa shape index (κ1) is 17.7. The maximum absolute atomic E-state index is 12.1. The Morgan fingerprint density at radius 3 is 2.62 bits per heavy atom. The van der Waals surface area contributed by atoms with Gasteiger partial charge < -0.3 is 10.6 Å². The summed E-state index contributed by atoms with van der Waals surface area (Å²) in [6.45, 7) is 6.85. The molecule has 1 aromatic rings. The molecule has 2 rings (SSSR count). The van der Waals surface area contributed by atoms with E-state index in [1.807, 2.05) is 18.2 Å². The maximum atomic E-state index is 12.1. The fraction of sp³-hybridized carbons (Fsp3) is 0.471. The van der Waals surface area contributed by atoms with Crippen LogP contribution < -0.4 is 10.6 Å². The van der Waals surface area contributed by atoms with Crippen LogP contribution in [-0.4, -0.2) is 25.5 Å². The Labute approximate surface area is 133 Å². The van der Waals surface area contributed by atoms with Gasteiger partial charge >= 0.3 is 0 Å². The molecule has 0 unspecified atom stereocenters. The third kappa shape index (κ3) is 5.52. The van der Waals surface area contributed by atoms with Crippen LogP contribution in [0.25, 0.3) is 0 Å². The van der Waals surface area contributed by atoms with Crippen molar-refractivity contribution in [1.29, 1.82) is 0 Å². The van der Waals surface area contributed by atoms with Crippen molar-refractivity contribution >= 4 is 18.3 Å². The molecular weight excluding hydrogens is 284 g/mol. The zero-order valence-corrected chi connectivity index (χ0v) is 13.6. The molecule has 0 spiro atoms. The minimum Gasteiger partial charge on any atom is -0.352 e. The summed E-state index contributed by atoms with van der Waals surface area (Å²) in [5.41, 5.74) is 2.40. The number of carbonyl (C=O) groups excluding carboxylic acids is 1. The first-order valence-corrected chi connectivity index (χ1v) is 7.29. The van der Waals surface area contributed by atoms with E-state index in [0.717, 1.165) is 19.5 Å². The standard InChI is InChI=1S/C17H24N2O.ClH/c1-17(2,15-6-4-3-5-7-15)12-16(20)19-13-14-8-10-18-11-9-14;/h3-8,18H,9-13H2,1-2H3,(H,19,20);1H. The van der Waals surface area contributed by atoms with Crippen LogP contribution in [-0.2, 0) is 10.2 Å². The minimum atomic E-state index is -0.131. The SMILES string of the molecule is CC(C)(CC(=O)NCC1=CCNCC1)c1ccccc1.Cl. The van der Waals surface area contributed by atoms with E-state index >= 15 is 0 Å². The molecule has 1 amide bonds. The van der Waals surface area contributed by atoms with E-state index in [0.29, 0.717) is 13.0 Å². The van der Waals surface area contributed by atoms with E-state index in [1.165, 1.54) is 11.1 Å². The second-order valence-electron chi connectivity index (χ2n) is 6.02. The van der Waals surface area contributed by atoms with Crippen molar-refractivity contribution < 1.29 is 4.79 Å². The molecule has 0 fully saturated rings. The number of rotatable bonds is 5. The van der Waals surface area contributed by atoms with Crippen LogP contribution in [0.1, 0.15) is 32.3 Å². The van der Waals surface area contributed by atoms with Crippen LogP contribution in [0, 0.1) is 0 Å². The molecule has 0 radical (unpaired) electrons. The number of carbonyl (C=O) groups is 1. The molecule has 1 aliphatic rings. The van der Waals surface area contributed by atoms with Gasteiger partial charge in [-0.2, -0.15) is 0 Å². The van der Waals surface area contributed by atoms with Gasteiger partial charge in [-0.05, 0) is 23.9 Å². The van der Waals surface area contributed by atoms with Gasteiger partial charge in [0.25, 0.3) is 0 Å². The van der Waals surface area contributed by atoms with E-state index in [4.69, 9.17) is 0 Å². The molecule has 0 bridgehead atoms. The first-order chi connectivity index (χ1) is 9.58. The molecule has 2 N–H and O–H groups in total. The van der Waals surface area contributed by atoms with Crippen molar-refractivity contribution in [2.45, 2.75) is 32.1 Å². The lowest BCUT2D eigenvalue weighted by molar-refractivity contribution is -0.121. The Kier molecular flexibility index (Phi) is 6.93. The quantitative estimate of drug-likeness (QED) is 0.821. The zero-order valence-electron chi connectivity index (χ0n) is 12.8. The van der Waals surface area contributed by atoms with E-state index < -0.39 is 0 Å². The highest BCUT2D eigenvalue weighted by Crippen LogP contribution is 2.26. The van der Waals surface area contributed by atoms with E-state index in [1.54, 1.807) is 0 Å². The van der Waals surface area contributed by atoms with Gasteiger partial charge in [-0.1, -0.05) is 55.8 Å². The first-order valence-electron chi connectivity index (χ1n) is 7.29. The van der Waals surface area contributed by atoms with E-state index in [-0.39, 0.29) is 23.7 Å². The summed E-state index contributed by atoms with van der Waals surface area (Å²) in [4.78, 5) is 12.1. The molecule has 4 heteroatoms. The fourth-order valence-electron chi connectivity index (χ4n) is 2.50. The average Bonchev–Trinajstić information content (AvgIpc) is 2.47. The number of hydrogen-bond acceptors (Lipinski definition) is 2. The molecular formula is C17H25ClN2O. The lowest BCUT2D eigenvalue weighted by Gasteiger charge is -2.25. The summed E-state index contributed by atoms with van der Waals surface area (Å²) in [6, 6.07) is 10.2. The van der Waals surface area contributed by atoms with Crippen LogP contribution in [0.4, 0.5) is 0 Å². The Balaban J connectivity index is 0.00000220. The predicted octanol–water partition coefficient (Wildman–Crippen LogP) is 2.81. The highest BCUT2D eigenvalue weighted by atomic mass is 35.5. The molecule has 116 valence electrons. The Morgan fingerprint density at radius 1 is 1.29 bits per heavy atom. The van der Waals surface area contributed by atoms with Gasteiger partial charge in [0.05, 0.1) is 0 Å². The molecule has 1 heterocycles. The van der Waals surface area contributed by atoms with Crippen molar-refractivity contribution in [2.24, 2.45) is 0 Å². The molecule has 0 saturated carbocycles. The maximum Gasteiger partial charge on any atom is 0.221 e. The lowest BCUT2D eigenvalue weighted by atomic mass is 9.81. The van der Waals surface area contributed by atoms with Crippen molar-refractivity contribution in [2.75, 3.05) is 19.6 Å². The van der Waals surface area contributed by atoms with Crippen molar-refractivity contribution in [3.8, 4) is 0 Å². The number of benzene rings is 1.